The van der Waals surface area contributed by atoms with E-state index in [1.54, 1.807) is 16.9 Å². The lowest BCUT2D eigenvalue weighted by Crippen LogP contribution is -2.42. The molecule has 1 aromatic carbocycles. The number of aromatic nitrogens is 1. The molecule has 4 rings (SSSR count). The first-order valence-corrected chi connectivity index (χ1v) is 9.04. The maximum atomic E-state index is 15.0. The number of anilines is 1. The summed E-state index contributed by atoms with van der Waals surface area (Å²) in [5.41, 5.74) is 0.107. The van der Waals surface area contributed by atoms with Gasteiger partial charge in [0.2, 0.25) is 0 Å². The fourth-order valence-electron chi connectivity index (χ4n) is 3.21. The zero-order chi connectivity index (χ0) is 17.9. The molecule has 0 saturated carbocycles. The summed E-state index contributed by atoms with van der Waals surface area (Å²) in [5, 5.41) is 10.5. The molecule has 8 nitrogen and oxygen atoms in total. The number of nitrogens with one attached hydrogen (secondary N) is 1. The second-order valence-electron chi connectivity index (χ2n) is 6.32. The number of amides is 1. The van der Waals surface area contributed by atoms with Gasteiger partial charge in [-0.15, -0.1) is 0 Å². The standard InChI is InChI=1S/C15H15FN4O4S/c1-19-5-9(6-19)10-3-2-8-4-11(21)15(13(16)14(8)17-10)20-7-12(22)18-25(20,23)24/h2-4,9,21H,5-7H2,1H3,(H,18,22). The number of carbonyl (C=O) groups excluding carboxylic acids is 1. The Kier molecular flexibility index (Phi) is 3.38. The number of benzene rings is 1. The molecule has 10 heteroatoms. The molecule has 2 aliphatic heterocycles. The third-order valence-corrected chi connectivity index (χ3v) is 5.83. The van der Waals surface area contributed by atoms with Crippen LogP contribution < -0.4 is 9.03 Å². The smallest absolute Gasteiger partial charge is 0.326 e. The molecule has 132 valence electrons. The van der Waals surface area contributed by atoms with Crippen molar-refractivity contribution in [1.82, 2.24) is 14.6 Å². The van der Waals surface area contributed by atoms with Crippen LogP contribution in [0.3, 0.4) is 0 Å². The van der Waals surface area contributed by atoms with Crippen molar-refractivity contribution in [3.63, 3.8) is 0 Å². The molecule has 0 spiro atoms. The Morgan fingerprint density at radius 2 is 2.08 bits per heavy atom. The number of hydrogen-bond donors (Lipinski definition) is 2. The van der Waals surface area contributed by atoms with Gasteiger partial charge < -0.3 is 10.0 Å². The minimum atomic E-state index is -4.23. The quantitative estimate of drug-likeness (QED) is 0.792. The first-order chi connectivity index (χ1) is 11.8. The highest BCUT2D eigenvalue weighted by Gasteiger charge is 2.38. The van der Waals surface area contributed by atoms with E-state index in [1.165, 1.54) is 6.07 Å². The van der Waals surface area contributed by atoms with Crippen LogP contribution in [0.1, 0.15) is 11.6 Å². The molecular weight excluding hydrogens is 351 g/mol. The van der Waals surface area contributed by atoms with Crippen molar-refractivity contribution in [2.75, 3.05) is 31.0 Å². The van der Waals surface area contributed by atoms with Crippen LogP contribution in [0, 0.1) is 5.82 Å². The number of fused-ring (bicyclic) bond motifs is 1. The van der Waals surface area contributed by atoms with Gasteiger partial charge in [-0.1, -0.05) is 6.07 Å². The number of halogens is 1. The first-order valence-electron chi connectivity index (χ1n) is 7.60. The summed E-state index contributed by atoms with van der Waals surface area (Å²) in [5.74, 6) is -2.14. The third kappa shape index (κ3) is 2.48. The molecular formula is C15H15FN4O4S. The van der Waals surface area contributed by atoms with E-state index >= 15 is 4.39 Å². The molecule has 3 heterocycles. The normalized spacial score (nSPS) is 20.7. The minimum absolute atomic E-state index is 0.0330. The number of likely N-dealkylation sites (N-methyl/N-ethyl adjacent to an activating group) is 1. The molecule has 2 saturated heterocycles. The highest BCUT2D eigenvalue weighted by Crippen LogP contribution is 2.38. The zero-order valence-electron chi connectivity index (χ0n) is 13.2. The Hall–Kier alpha value is -2.46. The molecule has 0 bridgehead atoms. The van der Waals surface area contributed by atoms with Gasteiger partial charge in [0.05, 0.1) is 0 Å². The van der Waals surface area contributed by atoms with Crippen molar-refractivity contribution in [2.24, 2.45) is 0 Å². The summed E-state index contributed by atoms with van der Waals surface area (Å²) in [4.78, 5) is 17.8. The summed E-state index contributed by atoms with van der Waals surface area (Å²) in [7, 11) is -2.26. The van der Waals surface area contributed by atoms with Crippen molar-refractivity contribution in [1.29, 1.82) is 0 Å². The molecule has 2 aliphatic rings. The molecule has 0 atom stereocenters. The first kappa shape index (κ1) is 16.0. The van der Waals surface area contributed by atoms with Crippen molar-refractivity contribution in [3.05, 3.63) is 29.7 Å². The Labute approximate surface area is 143 Å². The SMILES string of the molecule is CN1CC(c2ccc3cc(O)c(N4CC(=O)NS4(=O)=O)c(F)c3n2)C1. The summed E-state index contributed by atoms with van der Waals surface area (Å²) in [6, 6.07) is 4.66. The largest absolute Gasteiger partial charge is 0.506 e. The van der Waals surface area contributed by atoms with Gasteiger partial charge in [0, 0.05) is 30.1 Å². The van der Waals surface area contributed by atoms with Gasteiger partial charge in [0.25, 0.3) is 5.91 Å². The number of likely N-dealkylation sites (tertiary alicyclic amines) is 1. The van der Waals surface area contributed by atoms with Crippen LogP contribution in [0.5, 0.6) is 5.75 Å². The lowest BCUT2D eigenvalue weighted by Gasteiger charge is -2.35. The number of pyridine rings is 1. The van der Waals surface area contributed by atoms with Crippen LogP contribution in [0.2, 0.25) is 0 Å². The molecule has 2 aromatic rings. The highest BCUT2D eigenvalue weighted by molar-refractivity contribution is 7.92. The van der Waals surface area contributed by atoms with E-state index in [0.29, 0.717) is 15.4 Å². The fourth-order valence-corrected chi connectivity index (χ4v) is 4.38. The van der Waals surface area contributed by atoms with Gasteiger partial charge in [0.1, 0.15) is 23.5 Å². The molecule has 2 N–H and O–H groups in total. The molecule has 0 unspecified atom stereocenters. The third-order valence-electron chi connectivity index (χ3n) is 4.45. The summed E-state index contributed by atoms with van der Waals surface area (Å²) in [6.07, 6.45) is 0. The van der Waals surface area contributed by atoms with Gasteiger partial charge in [0.15, 0.2) is 5.82 Å². The van der Waals surface area contributed by atoms with Gasteiger partial charge in [-0.3, -0.25) is 4.79 Å². The van der Waals surface area contributed by atoms with E-state index in [4.69, 9.17) is 0 Å². The van der Waals surface area contributed by atoms with E-state index in [1.807, 2.05) is 7.05 Å². The second-order valence-corrected chi connectivity index (χ2v) is 7.92. The van der Waals surface area contributed by atoms with Gasteiger partial charge >= 0.3 is 10.2 Å². The van der Waals surface area contributed by atoms with E-state index < -0.39 is 39.9 Å². The van der Waals surface area contributed by atoms with Crippen molar-refractivity contribution >= 4 is 32.7 Å². The van der Waals surface area contributed by atoms with Crippen molar-refractivity contribution in [3.8, 4) is 5.75 Å². The minimum Gasteiger partial charge on any atom is -0.506 e. The monoisotopic (exact) mass is 366 g/mol. The van der Waals surface area contributed by atoms with Gasteiger partial charge in [-0.25, -0.2) is 18.4 Å². The van der Waals surface area contributed by atoms with Gasteiger partial charge in [-0.05, 0) is 19.2 Å². The number of hydrogen-bond acceptors (Lipinski definition) is 6. The van der Waals surface area contributed by atoms with E-state index in [2.05, 4.69) is 9.88 Å². The molecule has 0 aliphatic carbocycles. The number of aromatic hydroxyl groups is 1. The lowest BCUT2D eigenvalue weighted by molar-refractivity contribution is -0.117. The Morgan fingerprint density at radius 3 is 2.68 bits per heavy atom. The maximum absolute atomic E-state index is 15.0. The molecule has 25 heavy (non-hydrogen) atoms. The van der Waals surface area contributed by atoms with Crippen LogP contribution in [-0.2, 0) is 15.0 Å². The van der Waals surface area contributed by atoms with Gasteiger partial charge in [-0.2, -0.15) is 8.42 Å². The van der Waals surface area contributed by atoms with Crippen LogP contribution in [0.25, 0.3) is 10.9 Å². The number of nitrogens with zero attached hydrogens (tertiary/aromatic N) is 3. The zero-order valence-corrected chi connectivity index (χ0v) is 14.0. The van der Waals surface area contributed by atoms with Crippen LogP contribution >= 0.6 is 0 Å². The van der Waals surface area contributed by atoms with E-state index in [9.17, 15) is 18.3 Å². The molecule has 1 aromatic heterocycles. The summed E-state index contributed by atoms with van der Waals surface area (Å²) in [6.45, 7) is 1.03. The maximum Gasteiger partial charge on any atom is 0.326 e. The van der Waals surface area contributed by atoms with Crippen molar-refractivity contribution < 1.29 is 22.7 Å². The summed E-state index contributed by atoms with van der Waals surface area (Å²) >= 11 is 0. The fraction of sp³-hybridized carbons (Fsp3) is 0.333. The van der Waals surface area contributed by atoms with E-state index in [0.717, 1.165) is 13.1 Å². The Morgan fingerprint density at radius 1 is 1.36 bits per heavy atom. The van der Waals surface area contributed by atoms with Crippen molar-refractivity contribution in [2.45, 2.75) is 5.92 Å². The van der Waals surface area contributed by atoms with E-state index in [-0.39, 0.29) is 11.4 Å². The van der Waals surface area contributed by atoms with Crippen LogP contribution in [0.4, 0.5) is 10.1 Å². The lowest BCUT2D eigenvalue weighted by atomic mass is 9.96. The summed E-state index contributed by atoms with van der Waals surface area (Å²) < 4.78 is 41.2. The topological polar surface area (TPSA) is 103 Å². The van der Waals surface area contributed by atoms with Crippen LogP contribution in [0.15, 0.2) is 18.2 Å². The number of phenols is 1. The average Bonchev–Trinajstić information content (AvgIpc) is 2.77. The average molecular weight is 366 g/mol. The molecule has 1 amide bonds. The predicted octanol–water partition coefficient (Wildman–Crippen LogP) is 0.289. The predicted molar refractivity (Wildman–Crippen MR) is 88.0 cm³/mol. The molecule has 2 fully saturated rings. The highest BCUT2D eigenvalue weighted by atomic mass is 32.2. The Bertz CT molecular complexity index is 1000. The molecule has 0 radical (unpaired) electrons. The number of carbonyl (C=O) groups is 1. The number of phenolic OH excluding ortho intramolecular Hbond substituents is 1. The van der Waals surface area contributed by atoms with Crippen LogP contribution in [-0.4, -0.2) is 56.0 Å². The Balaban J connectivity index is 1.86. The second kappa shape index (κ2) is 5.27. The number of rotatable bonds is 2.